The second-order valence-corrected chi connectivity index (χ2v) is 3.68. The van der Waals surface area contributed by atoms with E-state index in [4.69, 9.17) is 25.1 Å². The average Bonchev–Trinajstić information content (AvgIpc) is 2.71. The predicted molar refractivity (Wildman–Crippen MR) is 57.6 cm³/mol. The van der Waals surface area contributed by atoms with Gasteiger partial charge in [-0.2, -0.15) is 0 Å². The molecule has 0 aromatic heterocycles. The molecule has 0 radical (unpaired) electrons. The highest BCUT2D eigenvalue weighted by molar-refractivity contribution is 5.51. The lowest BCUT2D eigenvalue weighted by molar-refractivity contribution is 0.122. The lowest BCUT2D eigenvalue weighted by Gasteiger charge is -2.12. The molecule has 1 heterocycles. The van der Waals surface area contributed by atoms with Gasteiger partial charge in [0.1, 0.15) is 12.4 Å². The van der Waals surface area contributed by atoms with Crippen LogP contribution in [-0.2, 0) is 6.54 Å². The summed E-state index contributed by atoms with van der Waals surface area (Å²) in [5, 5.41) is 9.16. The van der Waals surface area contributed by atoms with Crippen molar-refractivity contribution in [3.05, 3.63) is 17.7 Å². The van der Waals surface area contributed by atoms with Crippen LogP contribution in [-0.4, -0.2) is 24.6 Å². The van der Waals surface area contributed by atoms with Gasteiger partial charge < -0.3 is 25.1 Å². The van der Waals surface area contributed by atoms with Crippen molar-refractivity contribution in [2.75, 3.05) is 13.4 Å². The van der Waals surface area contributed by atoms with Crippen molar-refractivity contribution >= 4 is 0 Å². The quantitative estimate of drug-likeness (QED) is 0.786. The Morgan fingerprint density at radius 2 is 2.12 bits per heavy atom. The molecule has 1 aliphatic rings. The zero-order chi connectivity index (χ0) is 11.5. The Morgan fingerprint density at radius 1 is 1.44 bits per heavy atom. The molecule has 0 aliphatic carbocycles. The minimum atomic E-state index is -0.518. The highest BCUT2D eigenvalue weighted by Gasteiger charge is 2.17. The second kappa shape index (κ2) is 4.59. The van der Waals surface area contributed by atoms with Crippen LogP contribution in [0.1, 0.15) is 12.5 Å². The maximum absolute atomic E-state index is 9.16. The van der Waals surface area contributed by atoms with Crippen LogP contribution >= 0.6 is 0 Å². The van der Waals surface area contributed by atoms with Crippen molar-refractivity contribution in [3.63, 3.8) is 0 Å². The Kier molecular flexibility index (Phi) is 3.17. The van der Waals surface area contributed by atoms with Crippen molar-refractivity contribution in [2.45, 2.75) is 19.6 Å². The smallest absolute Gasteiger partial charge is 0.231 e. The van der Waals surface area contributed by atoms with Gasteiger partial charge in [-0.15, -0.1) is 0 Å². The van der Waals surface area contributed by atoms with E-state index in [-0.39, 0.29) is 13.4 Å². The molecule has 2 rings (SSSR count). The van der Waals surface area contributed by atoms with Crippen LogP contribution in [0.15, 0.2) is 12.1 Å². The molecule has 0 saturated heterocycles. The van der Waals surface area contributed by atoms with E-state index in [1.807, 2.05) is 0 Å². The van der Waals surface area contributed by atoms with E-state index in [1.54, 1.807) is 19.1 Å². The van der Waals surface area contributed by atoms with Crippen LogP contribution in [0.25, 0.3) is 0 Å². The number of rotatable bonds is 4. The first-order valence-electron chi connectivity index (χ1n) is 5.14. The van der Waals surface area contributed by atoms with Crippen LogP contribution in [0.5, 0.6) is 17.2 Å². The lowest BCUT2D eigenvalue weighted by atomic mass is 10.2. The van der Waals surface area contributed by atoms with Gasteiger partial charge in [0.05, 0.1) is 6.10 Å². The predicted octanol–water partition coefficient (Wildman–Crippen LogP) is 0.634. The summed E-state index contributed by atoms with van der Waals surface area (Å²) in [5.41, 5.74) is 6.45. The minimum Gasteiger partial charge on any atom is -0.490 e. The fraction of sp³-hybridized carbons (Fsp3) is 0.455. The molecule has 1 aliphatic heterocycles. The van der Waals surface area contributed by atoms with E-state index in [1.165, 1.54) is 0 Å². The first-order valence-corrected chi connectivity index (χ1v) is 5.14. The number of hydrogen-bond acceptors (Lipinski definition) is 5. The SMILES string of the molecule is CC(O)COc1cc2c(cc1CN)OCO2. The second-order valence-electron chi connectivity index (χ2n) is 3.68. The molecule has 88 valence electrons. The van der Waals surface area contributed by atoms with Gasteiger partial charge in [0.2, 0.25) is 6.79 Å². The summed E-state index contributed by atoms with van der Waals surface area (Å²) in [6.45, 7) is 2.47. The number of aliphatic hydroxyl groups is 1. The van der Waals surface area contributed by atoms with Gasteiger partial charge in [-0.1, -0.05) is 0 Å². The number of hydrogen-bond donors (Lipinski definition) is 2. The Morgan fingerprint density at radius 3 is 2.75 bits per heavy atom. The molecule has 5 heteroatoms. The topological polar surface area (TPSA) is 73.9 Å². The molecule has 5 nitrogen and oxygen atoms in total. The fourth-order valence-electron chi connectivity index (χ4n) is 1.47. The first kappa shape index (κ1) is 11.0. The molecule has 16 heavy (non-hydrogen) atoms. The number of nitrogens with two attached hydrogens (primary N) is 1. The largest absolute Gasteiger partial charge is 0.490 e. The number of ether oxygens (including phenoxy) is 3. The summed E-state index contributed by atoms with van der Waals surface area (Å²) >= 11 is 0. The molecule has 1 aromatic rings. The molecule has 0 amide bonds. The van der Waals surface area contributed by atoms with Crippen LogP contribution in [0.3, 0.4) is 0 Å². The summed E-state index contributed by atoms with van der Waals surface area (Å²) in [6.07, 6.45) is -0.518. The van der Waals surface area contributed by atoms with Crippen molar-refractivity contribution in [1.29, 1.82) is 0 Å². The van der Waals surface area contributed by atoms with Crippen LogP contribution in [0.4, 0.5) is 0 Å². The summed E-state index contributed by atoms with van der Waals surface area (Å²) in [4.78, 5) is 0. The highest BCUT2D eigenvalue weighted by atomic mass is 16.7. The molecule has 0 fully saturated rings. The van der Waals surface area contributed by atoms with Crippen LogP contribution in [0, 0.1) is 0 Å². The van der Waals surface area contributed by atoms with Gasteiger partial charge in [-0.05, 0) is 13.0 Å². The molecular formula is C11H15NO4. The van der Waals surface area contributed by atoms with Crippen molar-refractivity contribution < 1.29 is 19.3 Å². The van der Waals surface area contributed by atoms with E-state index in [0.29, 0.717) is 23.8 Å². The Balaban J connectivity index is 2.22. The normalized spacial score (nSPS) is 14.9. The van der Waals surface area contributed by atoms with Crippen molar-refractivity contribution in [1.82, 2.24) is 0 Å². The Bertz CT molecular complexity index is 378. The Hall–Kier alpha value is -1.46. The molecular weight excluding hydrogens is 210 g/mol. The molecule has 1 unspecified atom stereocenters. The summed E-state index contributed by atoms with van der Waals surface area (Å²) in [7, 11) is 0. The minimum absolute atomic E-state index is 0.221. The first-order chi connectivity index (χ1) is 7.70. The molecule has 3 N–H and O–H groups in total. The van der Waals surface area contributed by atoms with Crippen LogP contribution in [0.2, 0.25) is 0 Å². The molecule has 0 bridgehead atoms. The lowest BCUT2D eigenvalue weighted by Crippen LogP contribution is -2.14. The van der Waals surface area contributed by atoms with E-state index in [2.05, 4.69) is 0 Å². The van der Waals surface area contributed by atoms with Gasteiger partial charge in [0.15, 0.2) is 11.5 Å². The molecule has 0 saturated carbocycles. The standard InChI is InChI=1S/C11H15NO4/c1-7(13)5-14-9-3-11-10(15-6-16-11)2-8(9)4-12/h2-3,7,13H,4-6,12H2,1H3. The van der Waals surface area contributed by atoms with Gasteiger partial charge in [0, 0.05) is 18.2 Å². The van der Waals surface area contributed by atoms with E-state index in [0.717, 1.165) is 5.56 Å². The van der Waals surface area contributed by atoms with E-state index >= 15 is 0 Å². The van der Waals surface area contributed by atoms with Crippen molar-refractivity contribution in [3.8, 4) is 17.2 Å². The van der Waals surface area contributed by atoms with Gasteiger partial charge in [-0.3, -0.25) is 0 Å². The zero-order valence-corrected chi connectivity index (χ0v) is 9.10. The molecule has 1 aromatic carbocycles. The number of fused-ring (bicyclic) bond motifs is 1. The van der Waals surface area contributed by atoms with Gasteiger partial charge in [-0.25, -0.2) is 0 Å². The van der Waals surface area contributed by atoms with Gasteiger partial charge >= 0.3 is 0 Å². The summed E-state index contributed by atoms with van der Waals surface area (Å²) in [6, 6.07) is 3.55. The summed E-state index contributed by atoms with van der Waals surface area (Å²) < 4.78 is 15.9. The monoisotopic (exact) mass is 225 g/mol. The zero-order valence-electron chi connectivity index (χ0n) is 9.10. The molecule has 1 atom stereocenters. The van der Waals surface area contributed by atoms with Crippen molar-refractivity contribution in [2.24, 2.45) is 5.73 Å². The molecule has 0 spiro atoms. The number of aliphatic hydroxyl groups excluding tert-OH is 1. The summed E-state index contributed by atoms with van der Waals surface area (Å²) in [5.74, 6) is 1.97. The third-order valence-corrected chi connectivity index (χ3v) is 2.26. The third kappa shape index (κ3) is 2.20. The van der Waals surface area contributed by atoms with E-state index in [9.17, 15) is 0 Å². The maximum Gasteiger partial charge on any atom is 0.231 e. The van der Waals surface area contributed by atoms with E-state index < -0.39 is 6.10 Å². The fourth-order valence-corrected chi connectivity index (χ4v) is 1.47. The van der Waals surface area contributed by atoms with Crippen LogP contribution < -0.4 is 19.9 Å². The highest BCUT2D eigenvalue weighted by Crippen LogP contribution is 2.37. The maximum atomic E-state index is 9.16. The average molecular weight is 225 g/mol. The van der Waals surface area contributed by atoms with Gasteiger partial charge in [0.25, 0.3) is 0 Å². The Labute approximate surface area is 93.7 Å². The third-order valence-electron chi connectivity index (χ3n) is 2.26. The number of benzene rings is 1.